The van der Waals surface area contributed by atoms with Gasteiger partial charge in [0.1, 0.15) is 0 Å². The van der Waals surface area contributed by atoms with Crippen LogP contribution in [0.25, 0.3) is 0 Å². The molecule has 2 aliphatic heterocycles. The minimum Gasteiger partial charge on any atom is -0.375 e. The van der Waals surface area contributed by atoms with Gasteiger partial charge in [0.2, 0.25) is 11.8 Å². The quantitative estimate of drug-likeness (QED) is 0.732. The summed E-state index contributed by atoms with van der Waals surface area (Å²) in [6, 6.07) is 0. The topological polar surface area (TPSA) is 68.5 Å². The Hall–Kier alpha value is -1.43. The fraction of sp³-hybridized carbons (Fsp3) is 0.864. The highest BCUT2D eigenvalue weighted by Crippen LogP contribution is 2.39. The zero-order valence-electron chi connectivity index (χ0n) is 17.5. The van der Waals surface area contributed by atoms with Crippen molar-refractivity contribution in [3.8, 4) is 0 Å². The van der Waals surface area contributed by atoms with Gasteiger partial charge in [-0.05, 0) is 56.8 Å². The first kappa shape index (κ1) is 19.9. The van der Waals surface area contributed by atoms with Crippen LogP contribution in [0.15, 0.2) is 4.52 Å². The molecule has 1 atom stereocenters. The fourth-order valence-electron chi connectivity index (χ4n) is 4.82. The number of nitrogens with zero attached hydrogens (tertiary/aromatic N) is 3. The van der Waals surface area contributed by atoms with Crippen LogP contribution in [0, 0.1) is 11.8 Å². The second kappa shape index (κ2) is 8.52. The summed E-state index contributed by atoms with van der Waals surface area (Å²) in [7, 11) is 0. The van der Waals surface area contributed by atoms with E-state index in [1.54, 1.807) is 0 Å². The van der Waals surface area contributed by atoms with Gasteiger partial charge < -0.3 is 14.2 Å². The lowest BCUT2D eigenvalue weighted by Gasteiger charge is -2.46. The van der Waals surface area contributed by atoms with E-state index >= 15 is 0 Å². The average Bonchev–Trinajstić information content (AvgIpc) is 3.06. The van der Waals surface area contributed by atoms with Crippen LogP contribution >= 0.6 is 0 Å². The van der Waals surface area contributed by atoms with Crippen LogP contribution in [-0.4, -0.2) is 46.2 Å². The van der Waals surface area contributed by atoms with E-state index in [0.717, 1.165) is 69.9 Å². The predicted octanol–water partition coefficient (Wildman–Crippen LogP) is 4.10. The molecular weight excluding hydrogens is 354 g/mol. The van der Waals surface area contributed by atoms with Crippen molar-refractivity contribution in [2.75, 3.05) is 19.7 Å². The lowest BCUT2D eigenvalue weighted by atomic mass is 9.78. The summed E-state index contributed by atoms with van der Waals surface area (Å²) in [6.45, 7) is 6.81. The van der Waals surface area contributed by atoms with Crippen LogP contribution in [-0.2, 0) is 16.0 Å². The van der Waals surface area contributed by atoms with E-state index in [0.29, 0.717) is 30.1 Å². The van der Waals surface area contributed by atoms with Crippen LogP contribution in [0.3, 0.4) is 0 Å². The van der Waals surface area contributed by atoms with Crippen molar-refractivity contribution in [3.05, 3.63) is 11.7 Å². The highest BCUT2D eigenvalue weighted by atomic mass is 16.5. The number of amides is 1. The third-order valence-corrected chi connectivity index (χ3v) is 6.97. The number of carbonyl (C=O) groups excluding carboxylic acids is 1. The van der Waals surface area contributed by atoms with Gasteiger partial charge in [0.15, 0.2) is 5.82 Å². The molecule has 3 aliphatic rings. The van der Waals surface area contributed by atoms with E-state index < -0.39 is 0 Å². The van der Waals surface area contributed by atoms with Gasteiger partial charge in [0, 0.05) is 38.5 Å². The smallest absolute Gasteiger partial charge is 0.229 e. The molecule has 0 N–H and O–H groups in total. The molecule has 156 valence electrons. The zero-order valence-corrected chi connectivity index (χ0v) is 17.5. The van der Waals surface area contributed by atoms with Crippen molar-refractivity contribution < 1.29 is 14.1 Å². The van der Waals surface area contributed by atoms with Gasteiger partial charge in [-0.15, -0.1) is 0 Å². The van der Waals surface area contributed by atoms with Crippen LogP contribution in [0.1, 0.15) is 89.3 Å². The molecule has 1 unspecified atom stereocenters. The first-order chi connectivity index (χ1) is 13.5. The number of ether oxygens (including phenoxy) is 1. The summed E-state index contributed by atoms with van der Waals surface area (Å²) in [5.74, 6) is 3.65. The maximum absolute atomic E-state index is 12.4. The summed E-state index contributed by atoms with van der Waals surface area (Å²) >= 11 is 0. The molecule has 1 saturated carbocycles. The number of likely N-dealkylation sites (tertiary alicyclic amines) is 1. The average molecular weight is 390 g/mol. The Morgan fingerprint density at radius 2 is 2.04 bits per heavy atom. The Kier molecular flexibility index (Phi) is 6.04. The van der Waals surface area contributed by atoms with Crippen LogP contribution in [0.2, 0.25) is 0 Å². The number of aromatic nitrogens is 2. The molecule has 0 radical (unpaired) electrons. The third-order valence-electron chi connectivity index (χ3n) is 6.97. The molecule has 0 aromatic carbocycles. The molecule has 1 aliphatic carbocycles. The van der Waals surface area contributed by atoms with Crippen molar-refractivity contribution >= 4 is 5.91 Å². The van der Waals surface area contributed by atoms with Crippen LogP contribution in [0.5, 0.6) is 0 Å². The monoisotopic (exact) mass is 389 g/mol. The second-order valence-corrected chi connectivity index (χ2v) is 9.58. The van der Waals surface area contributed by atoms with E-state index in [1.807, 2.05) is 4.90 Å². The lowest BCUT2D eigenvalue weighted by molar-refractivity contribution is -0.147. The van der Waals surface area contributed by atoms with Crippen molar-refractivity contribution in [1.82, 2.24) is 15.0 Å². The Morgan fingerprint density at radius 3 is 2.71 bits per heavy atom. The molecule has 3 fully saturated rings. The molecular formula is C22H35N3O3. The third kappa shape index (κ3) is 4.58. The number of hydrogen-bond donors (Lipinski definition) is 0. The first-order valence-corrected chi connectivity index (χ1v) is 11.3. The Balaban J connectivity index is 1.28. The van der Waals surface area contributed by atoms with Crippen LogP contribution < -0.4 is 0 Å². The molecule has 1 aromatic heterocycles. The maximum Gasteiger partial charge on any atom is 0.229 e. The van der Waals surface area contributed by atoms with Crippen LogP contribution in [0.4, 0.5) is 0 Å². The molecule has 3 heterocycles. The predicted molar refractivity (Wildman–Crippen MR) is 106 cm³/mol. The summed E-state index contributed by atoms with van der Waals surface area (Å²) in [6.07, 6.45) is 10.2. The molecule has 28 heavy (non-hydrogen) atoms. The molecule has 2 saturated heterocycles. The minimum absolute atomic E-state index is 0.0573. The molecule has 0 bridgehead atoms. The summed E-state index contributed by atoms with van der Waals surface area (Å²) in [4.78, 5) is 19.1. The Bertz CT molecular complexity index is 660. The minimum atomic E-state index is -0.0573. The first-order valence-electron chi connectivity index (χ1n) is 11.3. The van der Waals surface area contributed by atoms with Gasteiger partial charge in [-0.3, -0.25) is 4.79 Å². The normalized spacial score (nSPS) is 25.2. The van der Waals surface area contributed by atoms with Crippen molar-refractivity contribution in [2.24, 2.45) is 11.8 Å². The summed E-state index contributed by atoms with van der Waals surface area (Å²) < 4.78 is 11.8. The number of hydrogen-bond acceptors (Lipinski definition) is 5. The molecule has 6 nitrogen and oxygen atoms in total. The second-order valence-electron chi connectivity index (χ2n) is 9.58. The van der Waals surface area contributed by atoms with E-state index in [2.05, 4.69) is 24.0 Å². The van der Waals surface area contributed by atoms with E-state index in [1.165, 1.54) is 19.3 Å². The summed E-state index contributed by atoms with van der Waals surface area (Å²) in [5.41, 5.74) is -0.0573. The van der Waals surface area contributed by atoms with E-state index in [4.69, 9.17) is 9.26 Å². The Morgan fingerprint density at radius 1 is 1.25 bits per heavy atom. The standard InChI is InChI=1S/C22H35N3O3/c1-16(2)6-7-20(26)25-11-9-22(10-12-25)15-17(8-13-27-22)14-19-23-21(28-24-19)18-4-3-5-18/h16-18H,3-15H2,1-2H3. The van der Waals surface area contributed by atoms with Gasteiger partial charge in [0.05, 0.1) is 5.60 Å². The highest BCUT2D eigenvalue weighted by molar-refractivity contribution is 5.76. The number of piperidine rings is 1. The highest BCUT2D eigenvalue weighted by Gasteiger charge is 2.41. The SMILES string of the molecule is CC(C)CCC(=O)N1CCC2(CC1)CC(Cc1noc(C3CCC3)n1)CCO2. The lowest BCUT2D eigenvalue weighted by Crippen LogP contribution is -2.51. The zero-order chi connectivity index (χ0) is 19.6. The van der Waals surface area contributed by atoms with Crippen molar-refractivity contribution in [1.29, 1.82) is 0 Å². The molecule has 1 amide bonds. The van der Waals surface area contributed by atoms with Gasteiger partial charge in [-0.2, -0.15) is 4.98 Å². The molecule has 6 heteroatoms. The van der Waals surface area contributed by atoms with Gasteiger partial charge in [-0.25, -0.2) is 0 Å². The largest absolute Gasteiger partial charge is 0.375 e. The molecule has 1 aromatic rings. The van der Waals surface area contributed by atoms with Crippen molar-refractivity contribution in [3.63, 3.8) is 0 Å². The van der Waals surface area contributed by atoms with Gasteiger partial charge >= 0.3 is 0 Å². The van der Waals surface area contributed by atoms with Gasteiger partial charge in [-0.1, -0.05) is 25.4 Å². The summed E-state index contributed by atoms with van der Waals surface area (Å²) in [5, 5.41) is 4.24. The van der Waals surface area contributed by atoms with Crippen molar-refractivity contribution in [2.45, 2.75) is 89.6 Å². The van der Waals surface area contributed by atoms with E-state index in [-0.39, 0.29) is 5.60 Å². The molecule has 1 spiro atoms. The fourth-order valence-corrected chi connectivity index (χ4v) is 4.82. The number of carbonyl (C=O) groups is 1. The number of rotatable bonds is 6. The van der Waals surface area contributed by atoms with E-state index in [9.17, 15) is 4.79 Å². The Labute approximate surface area is 168 Å². The van der Waals surface area contributed by atoms with Gasteiger partial charge in [0.25, 0.3) is 0 Å². The maximum atomic E-state index is 12.4. The molecule has 4 rings (SSSR count).